The molecule has 1 heterocycles. The third-order valence-electron chi connectivity index (χ3n) is 3.19. The van der Waals surface area contributed by atoms with Crippen molar-refractivity contribution >= 4 is 17.9 Å². The average molecular weight is 277 g/mol. The van der Waals surface area contributed by atoms with Gasteiger partial charge in [0.25, 0.3) is 0 Å². The second-order valence-electron chi connectivity index (χ2n) is 4.60. The Balaban J connectivity index is 2.36. The molecule has 0 saturated heterocycles. The van der Waals surface area contributed by atoms with E-state index in [0.29, 0.717) is 17.3 Å². The van der Waals surface area contributed by atoms with E-state index in [1.165, 1.54) is 5.56 Å². The average Bonchev–Trinajstić information content (AvgIpc) is 2.69. The summed E-state index contributed by atoms with van der Waals surface area (Å²) in [6.45, 7) is 4.71. The Hall–Kier alpha value is -1.61. The molecule has 4 heteroatoms. The fraction of sp³-hybridized carbons (Fsp3) is 0.333. The first-order valence-electron chi connectivity index (χ1n) is 6.42. The lowest BCUT2D eigenvalue weighted by Crippen LogP contribution is -2.04. The molecule has 1 aromatic carbocycles. The molecule has 0 fully saturated rings. The molecule has 2 rings (SSSR count). The summed E-state index contributed by atoms with van der Waals surface area (Å²) < 4.78 is 1.71. The van der Waals surface area contributed by atoms with Crippen LogP contribution in [0.4, 0.5) is 0 Å². The Morgan fingerprint density at radius 2 is 2.11 bits per heavy atom. The molecule has 0 aliphatic heterocycles. The zero-order valence-electron chi connectivity index (χ0n) is 11.2. The summed E-state index contributed by atoms with van der Waals surface area (Å²) in [5.74, 6) is 0. The fourth-order valence-corrected chi connectivity index (χ4v) is 2.34. The van der Waals surface area contributed by atoms with Crippen molar-refractivity contribution in [3.63, 3.8) is 0 Å². The zero-order valence-corrected chi connectivity index (χ0v) is 11.9. The van der Waals surface area contributed by atoms with E-state index in [1.54, 1.807) is 4.68 Å². The highest BCUT2D eigenvalue weighted by Gasteiger charge is 2.15. The fourth-order valence-electron chi connectivity index (χ4n) is 2.09. The number of aldehydes is 1. The summed E-state index contributed by atoms with van der Waals surface area (Å²) in [6, 6.07) is 8.10. The maximum atomic E-state index is 11.1. The van der Waals surface area contributed by atoms with E-state index in [2.05, 4.69) is 25.0 Å². The van der Waals surface area contributed by atoms with Crippen molar-refractivity contribution in [1.29, 1.82) is 0 Å². The number of rotatable bonds is 5. The lowest BCUT2D eigenvalue weighted by atomic mass is 10.1. The molecule has 0 atom stereocenters. The molecule has 2 aromatic rings. The van der Waals surface area contributed by atoms with Crippen LogP contribution in [0.5, 0.6) is 0 Å². The molecule has 0 radical (unpaired) electrons. The SMILES string of the molecule is CCCc1nn(Cc2ccccc2C)c(Cl)c1C=O. The highest BCUT2D eigenvalue weighted by atomic mass is 35.5. The molecule has 100 valence electrons. The van der Waals surface area contributed by atoms with Crippen molar-refractivity contribution in [3.8, 4) is 0 Å². The highest BCUT2D eigenvalue weighted by Crippen LogP contribution is 2.21. The van der Waals surface area contributed by atoms with Gasteiger partial charge >= 0.3 is 0 Å². The molecular weight excluding hydrogens is 260 g/mol. The standard InChI is InChI=1S/C15H17ClN2O/c1-3-6-14-13(10-19)15(16)18(17-14)9-12-8-5-4-7-11(12)2/h4-5,7-8,10H,3,6,9H2,1-2H3. The van der Waals surface area contributed by atoms with Gasteiger partial charge in [-0.2, -0.15) is 5.10 Å². The van der Waals surface area contributed by atoms with Crippen LogP contribution in [0.2, 0.25) is 5.15 Å². The lowest BCUT2D eigenvalue weighted by Gasteiger charge is -2.06. The topological polar surface area (TPSA) is 34.9 Å². The number of carbonyl (C=O) groups excluding carboxylic acids is 1. The molecular formula is C15H17ClN2O. The van der Waals surface area contributed by atoms with Gasteiger partial charge in [-0.15, -0.1) is 0 Å². The number of aryl methyl sites for hydroxylation is 2. The van der Waals surface area contributed by atoms with E-state index in [9.17, 15) is 4.79 Å². The van der Waals surface area contributed by atoms with Gasteiger partial charge in [0.15, 0.2) is 6.29 Å². The summed E-state index contributed by atoms with van der Waals surface area (Å²) in [6.07, 6.45) is 2.52. The monoisotopic (exact) mass is 276 g/mol. The summed E-state index contributed by atoms with van der Waals surface area (Å²) in [5.41, 5.74) is 3.67. The van der Waals surface area contributed by atoms with E-state index in [0.717, 1.165) is 30.4 Å². The summed E-state index contributed by atoms with van der Waals surface area (Å²) in [7, 11) is 0. The van der Waals surface area contributed by atoms with Crippen LogP contribution >= 0.6 is 11.6 Å². The Morgan fingerprint density at radius 3 is 2.74 bits per heavy atom. The maximum Gasteiger partial charge on any atom is 0.155 e. The number of hydrogen-bond acceptors (Lipinski definition) is 2. The quantitative estimate of drug-likeness (QED) is 0.781. The summed E-state index contributed by atoms with van der Waals surface area (Å²) >= 11 is 6.24. The molecule has 0 N–H and O–H groups in total. The van der Waals surface area contributed by atoms with Gasteiger partial charge in [-0.3, -0.25) is 4.79 Å². The molecule has 0 saturated carbocycles. The second kappa shape index (κ2) is 6.02. The Kier molecular flexibility index (Phi) is 4.38. The first-order valence-corrected chi connectivity index (χ1v) is 6.80. The van der Waals surface area contributed by atoms with Crippen molar-refractivity contribution < 1.29 is 4.79 Å². The summed E-state index contributed by atoms with van der Waals surface area (Å²) in [4.78, 5) is 11.1. The molecule has 0 unspecified atom stereocenters. The molecule has 0 aliphatic carbocycles. The molecule has 0 bridgehead atoms. The van der Waals surface area contributed by atoms with Gasteiger partial charge in [-0.25, -0.2) is 4.68 Å². The van der Waals surface area contributed by atoms with Crippen molar-refractivity contribution in [3.05, 3.63) is 51.8 Å². The molecule has 1 aromatic heterocycles. The van der Waals surface area contributed by atoms with Gasteiger partial charge < -0.3 is 0 Å². The molecule has 3 nitrogen and oxygen atoms in total. The maximum absolute atomic E-state index is 11.1. The van der Waals surface area contributed by atoms with Crippen LogP contribution in [0.3, 0.4) is 0 Å². The third kappa shape index (κ3) is 2.87. The van der Waals surface area contributed by atoms with Crippen LogP contribution < -0.4 is 0 Å². The molecule has 0 aliphatic rings. The number of hydrogen-bond donors (Lipinski definition) is 0. The Labute approximate surface area is 118 Å². The van der Waals surface area contributed by atoms with E-state index in [1.807, 2.05) is 18.2 Å². The number of carbonyl (C=O) groups is 1. The molecule has 0 amide bonds. The lowest BCUT2D eigenvalue weighted by molar-refractivity contribution is 0.112. The van der Waals surface area contributed by atoms with Gasteiger partial charge in [0.1, 0.15) is 5.15 Å². The van der Waals surface area contributed by atoms with Crippen LogP contribution in [-0.4, -0.2) is 16.1 Å². The largest absolute Gasteiger partial charge is 0.298 e. The first kappa shape index (κ1) is 13.8. The van der Waals surface area contributed by atoms with Crippen LogP contribution in [0, 0.1) is 6.92 Å². The number of halogens is 1. The van der Waals surface area contributed by atoms with E-state index in [-0.39, 0.29) is 0 Å². The van der Waals surface area contributed by atoms with E-state index >= 15 is 0 Å². The Morgan fingerprint density at radius 1 is 1.37 bits per heavy atom. The van der Waals surface area contributed by atoms with Crippen molar-refractivity contribution in [2.24, 2.45) is 0 Å². The Bertz CT molecular complexity index is 590. The molecule has 0 spiro atoms. The van der Waals surface area contributed by atoms with Gasteiger partial charge in [0.2, 0.25) is 0 Å². The first-order chi connectivity index (χ1) is 9.17. The number of aromatic nitrogens is 2. The highest BCUT2D eigenvalue weighted by molar-refractivity contribution is 6.32. The van der Waals surface area contributed by atoms with E-state index < -0.39 is 0 Å². The predicted molar refractivity (Wildman–Crippen MR) is 76.9 cm³/mol. The normalized spacial score (nSPS) is 10.7. The minimum atomic E-state index is 0.432. The number of benzene rings is 1. The van der Waals surface area contributed by atoms with Gasteiger partial charge in [0, 0.05) is 0 Å². The van der Waals surface area contributed by atoms with Crippen molar-refractivity contribution in [1.82, 2.24) is 9.78 Å². The summed E-state index contributed by atoms with van der Waals surface area (Å²) in [5, 5.41) is 4.89. The van der Waals surface area contributed by atoms with Crippen LogP contribution in [0.1, 0.15) is 40.5 Å². The molecule has 19 heavy (non-hydrogen) atoms. The van der Waals surface area contributed by atoms with Crippen LogP contribution in [-0.2, 0) is 13.0 Å². The van der Waals surface area contributed by atoms with Gasteiger partial charge in [-0.05, 0) is 24.5 Å². The van der Waals surface area contributed by atoms with Crippen LogP contribution in [0.15, 0.2) is 24.3 Å². The minimum absolute atomic E-state index is 0.432. The zero-order chi connectivity index (χ0) is 13.8. The minimum Gasteiger partial charge on any atom is -0.298 e. The van der Waals surface area contributed by atoms with Crippen molar-refractivity contribution in [2.45, 2.75) is 33.2 Å². The second-order valence-corrected chi connectivity index (χ2v) is 4.96. The number of nitrogens with zero attached hydrogens (tertiary/aromatic N) is 2. The van der Waals surface area contributed by atoms with Crippen molar-refractivity contribution in [2.75, 3.05) is 0 Å². The third-order valence-corrected chi connectivity index (χ3v) is 3.59. The van der Waals surface area contributed by atoms with Gasteiger partial charge in [-0.1, -0.05) is 49.2 Å². The van der Waals surface area contributed by atoms with Gasteiger partial charge in [0.05, 0.1) is 17.8 Å². The van der Waals surface area contributed by atoms with Crippen LogP contribution in [0.25, 0.3) is 0 Å². The predicted octanol–water partition coefficient (Wildman–Crippen LogP) is 3.66. The smallest absolute Gasteiger partial charge is 0.155 e. The van der Waals surface area contributed by atoms with E-state index in [4.69, 9.17) is 11.6 Å².